The molecule has 6 nitrogen and oxygen atoms in total. The van der Waals surface area contributed by atoms with Gasteiger partial charge in [0.2, 0.25) is 0 Å². The molecule has 0 unspecified atom stereocenters. The number of carbonyl (C=O) groups is 1. The number of carboxylic acids is 1. The second-order valence-electron chi connectivity index (χ2n) is 4.90. The van der Waals surface area contributed by atoms with E-state index >= 15 is 0 Å². The third-order valence-corrected chi connectivity index (χ3v) is 2.87. The molecule has 1 aromatic rings. The summed E-state index contributed by atoms with van der Waals surface area (Å²) < 4.78 is 5.35. The minimum absolute atomic E-state index is 0.258. The van der Waals surface area contributed by atoms with Gasteiger partial charge >= 0.3 is 5.97 Å². The van der Waals surface area contributed by atoms with Crippen molar-refractivity contribution in [2.75, 3.05) is 24.6 Å². The van der Waals surface area contributed by atoms with Crippen LogP contribution in [-0.2, 0) is 9.53 Å². The maximum atomic E-state index is 10.5. The SMILES string of the molecule is Cc1cc(N2CC(C)(OCC(=O)O)C2)nc(C)n1. The van der Waals surface area contributed by atoms with Gasteiger partial charge in [-0.3, -0.25) is 0 Å². The number of aliphatic carboxylic acids is 1. The fraction of sp³-hybridized carbons (Fsp3) is 0.583. The average molecular weight is 251 g/mol. The lowest BCUT2D eigenvalue weighted by Gasteiger charge is -2.47. The van der Waals surface area contributed by atoms with Gasteiger partial charge in [0.15, 0.2) is 0 Å². The quantitative estimate of drug-likeness (QED) is 0.852. The molecule has 18 heavy (non-hydrogen) atoms. The molecule has 1 aromatic heterocycles. The Morgan fingerprint density at radius 1 is 1.50 bits per heavy atom. The van der Waals surface area contributed by atoms with Gasteiger partial charge in [0, 0.05) is 24.8 Å². The van der Waals surface area contributed by atoms with E-state index in [-0.39, 0.29) is 6.61 Å². The van der Waals surface area contributed by atoms with Crippen LogP contribution in [0, 0.1) is 13.8 Å². The molecule has 1 aliphatic heterocycles. The molecule has 2 rings (SSSR count). The van der Waals surface area contributed by atoms with E-state index in [4.69, 9.17) is 9.84 Å². The summed E-state index contributed by atoms with van der Waals surface area (Å²) in [6.07, 6.45) is 0. The second kappa shape index (κ2) is 4.53. The molecule has 0 aromatic carbocycles. The third kappa shape index (κ3) is 2.76. The molecule has 98 valence electrons. The van der Waals surface area contributed by atoms with Crippen LogP contribution in [0.25, 0.3) is 0 Å². The van der Waals surface area contributed by atoms with Gasteiger partial charge in [-0.15, -0.1) is 0 Å². The van der Waals surface area contributed by atoms with Crippen molar-refractivity contribution in [3.8, 4) is 0 Å². The van der Waals surface area contributed by atoms with Crippen LogP contribution in [0.15, 0.2) is 6.07 Å². The van der Waals surface area contributed by atoms with Gasteiger partial charge in [0.05, 0.1) is 0 Å². The van der Waals surface area contributed by atoms with Crippen molar-refractivity contribution in [1.82, 2.24) is 9.97 Å². The van der Waals surface area contributed by atoms with E-state index < -0.39 is 11.6 Å². The molecular formula is C12H17N3O3. The highest BCUT2D eigenvalue weighted by Crippen LogP contribution is 2.29. The van der Waals surface area contributed by atoms with Gasteiger partial charge in [-0.05, 0) is 20.8 Å². The predicted octanol–water partition coefficient (Wildman–Crippen LogP) is 0.773. The zero-order chi connectivity index (χ0) is 13.3. The number of aromatic nitrogens is 2. The summed E-state index contributed by atoms with van der Waals surface area (Å²) in [7, 11) is 0. The smallest absolute Gasteiger partial charge is 0.329 e. The van der Waals surface area contributed by atoms with Crippen LogP contribution in [0.5, 0.6) is 0 Å². The van der Waals surface area contributed by atoms with E-state index in [0.717, 1.165) is 17.3 Å². The number of rotatable bonds is 4. The van der Waals surface area contributed by atoms with Crippen LogP contribution < -0.4 is 4.90 Å². The summed E-state index contributed by atoms with van der Waals surface area (Å²) in [5, 5.41) is 8.59. The number of aryl methyl sites for hydroxylation is 2. The Hall–Kier alpha value is -1.69. The van der Waals surface area contributed by atoms with E-state index in [1.54, 1.807) is 0 Å². The number of hydrogen-bond acceptors (Lipinski definition) is 5. The molecule has 6 heteroatoms. The van der Waals surface area contributed by atoms with Gasteiger partial charge in [-0.2, -0.15) is 0 Å². The summed E-state index contributed by atoms with van der Waals surface area (Å²) in [6, 6.07) is 1.92. The number of carboxylic acid groups (broad SMARTS) is 1. The van der Waals surface area contributed by atoms with Crippen molar-refractivity contribution >= 4 is 11.8 Å². The van der Waals surface area contributed by atoms with Crippen LogP contribution in [-0.4, -0.2) is 46.3 Å². The van der Waals surface area contributed by atoms with Crippen molar-refractivity contribution in [1.29, 1.82) is 0 Å². The molecule has 0 atom stereocenters. The maximum Gasteiger partial charge on any atom is 0.329 e. The van der Waals surface area contributed by atoms with Crippen molar-refractivity contribution in [2.45, 2.75) is 26.4 Å². The Balaban J connectivity index is 1.97. The van der Waals surface area contributed by atoms with Crippen LogP contribution >= 0.6 is 0 Å². The molecule has 0 amide bonds. The first kappa shape index (κ1) is 12.8. The minimum atomic E-state index is -0.941. The highest BCUT2D eigenvalue weighted by Gasteiger charge is 2.41. The molecule has 1 N–H and O–H groups in total. The van der Waals surface area contributed by atoms with E-state index in [1.165, 1.54) is 0 Å². The zero-order valence-corrected chi connectivity index (χ0v) is 10.8. The van der Waals surface area contributed by atoms with Gasteiger partial charge < -0.3 is 14.7 Å². The first-order valence-electron chi connectivity index (χ1n) is 5.81. The van der Waals surface area contributed by atoms with Crippen molar-refractivity contribution in [3.63, 3.8) is 0 Å². The van der Waals surface area contributed by atoms with Gasteiger partial charge in [-0.25, -0.2) is 14.8 Å². The molecule has 0 radical (unpaired) electrons. The second-order valence-corrected chi connectivity index (χ2v) is 4.90. The number of anilines is 1. The molecule has 1 fully saturated rings. The van der Waals surface area contributed by atoms with Crippen LogP contribution in [0.2, 0.25) is 0 Å². The molecular weight excluding hydrogens is 234 g/mol. The Morgan fingerprint density at radius 2 is 2.17 bits per heavy atom. The summed E-state index contributed by atoms with van der Waals surface area (Å²) in [5.74, 6) is 0.671. The van der Waals surface area contributed by atoms with E-state index in [1.807, 2.05) is 26.8 Å². The molecule has 0 spiro atoms. The molecule has 0 bridgehead atoms. The standard InChI is InChI=1S/C12H17N3O3/c1-8-4-10(14-9(2)13-8)15-6-12(3,7-15)18-5-11(16)17/h4H,5-7H2,1-3H3,(H,16,17). The highest BCUT2D eigenvalue weighted by atomic mass is 16.5. The lowest BCUT2D eigenvalue weighted by atomic mass is 9.96. The van der Waals surface area contributed by atoms with Crippen molar-refractivity contribution < 1.29 is 14.6 Å². The summed E-state index contributed by atoms with van der Waals surface area (Å²) in [5.41, 5.74) is 0.531. The van der Waals surface area contributed by atoms with Crippen molar-refractivity contribution in [2.24, 2.45) is 0 Å². The number of hydrogen-bond donors (Lipinski definition) is 1. The average Bonchev–Trinajstić information content (AvgIpc) is 2.21. The zero-order valence-electron chi connectivity index (χ0n) is 10.8. The lowest BCUT2D eigenvalue weighted by Crippen LogP contribution is -2.62. The predicted molar refractivity (Wildman–Crippen MR) is 65.7 cm³/mol. The van der Waals surface area contributed by atoms with Crippen molar-refractivity contribution in [3.05, 3.63) is 17.6 Å². The lowest BCUT2D eigenvalue weighted by molar-refractivity contribution is -0.150. The van der Waals surface area contributed by atoms with Crippen LogP contribution in [0.4, 0.5) is 5.82 Å². The van der Waals surface area contributed by atoms with E-state index in [0.29, 0.717) is 13.1 Å². The fourth-order valence-electron chi connectivity index (χ4n) is 2.11. The van der Waals surface area contributed by atoms with E-state index in [2.05, 4.69) is 14.9 Å². The summed E-state index contributed by atoms with van der Waals surface area (Å²) >= 11 is 0. The molecule has 0 saturated carbocycles. The first-order chi connectivity index (χ1) is 8.38. The Labute approximate surface area is 106 Å². The first-order valence-corrected chi connectivity index (χ1v) is 5.81. The molecule has 1 saturated heterocycles. The number of ether oxygens (including phenoxy) is 1. The highest BCUT2D eigenvalue weighted by molar-refractivity contribution is 5.68. The topological polar surface area (TPSA) is 75.5 Å². The molecule has 2 heterocycles. The molecule has 0 aliphatic carbocycles. The number of nitrogens with zero attached hydrogens (tertiary/aromatic N) is 3. The summed E-state index contributed by atoms with van der Waals surface area (Å²) in [6.45, 7) is 6.74. The Morgan fingerprint density at radius 3 is 2.72 bits per heavy atom. The maximum absolute atomic E-state index is 10.5. The fourth-order valence-corrected chi connectivity index (χ4v) is 2.11. The van der Waals surface area contributed by atoms with Crippen LogP contribution in [0.1, 0.15) is 18.4 Å². The van der Waals surface area contributed by atoms with Crippen LogP contribution in [0.3, 0.4) is 0 Å². The van der Waals surface area contributed by atoms with Gasteiger partial charge in [-0.1, -0.05) is 0 Å². The largest absolute Gasteiger partial charge is 0.480 e. The Bertz CT molecular complexity index is 449. The van der Waals surface area contributed by atoms with E-state index in [9.17, 15) is 4.79 Å². The summed E-state index contributed by atoms with van der Waals surface area (Å²) in [4.78, 5) is 21.1. The monoisotopic (exact) mass is 251 g/mol. The Kier molecular flexibility index (Phi) is 3.21. The minimum Gasteiger partial charge on any atom is -0.480 e. The third-order valence-electron chi connectivity index (χ3n) is 2.87. The van der Waals surface area contributed by atoms with Gasteiger partial charge in [0.1, 0.15) is 23.9 Å². The van der Waals surface area contributed by atoms with Gasteiger partial charge in [0.25, 0.3) is 0 Å². The molecule has 1 aliphatic rings. The normalized spacial score (nSPS) is 17.4.